The average molecular weight is 488 g/mol. The Balaban J connectivity index is 1.18. The van der Waals surface area contributed by atoms with Crippen LogP contribution in [0.4, 0.5) is 0 Å². The molecule has 11 heteroatoms. The summed E-state index contributed by atoms with van der Waals surface area (Å²) in [6.45, 7) is 6.56. The molecule has 0 unspecified atom stereocenters. The molecule has 0 N–H and O–H groups in total. The van der Waals surface area contributed by atoms with Gasteiger partial charge in [0, 0.05) is 49.9 Å². The summed E-state index contributed by atoms with van der Waals surface area (Å²) in [5, 5.41) is 16.6. The summed E-state index contributed by atoms with van der Waals surface area (Å²) in [4.78, 5) is 7.22. The van der Waals surface area contributed by atoms with Crippen molar-refractivity contribution in [2.24, 2.45) is 0 Å². The zero-order valence-corrected chi connectivity index (χ0v) is 20.3. The first-order chi connectivity index (χ1) is 17.6. The second-order valence-corrected chi connectivity index (χ2v) is 8.87. The minimum atomic E-state index is 0.303. The van der Waals surface area contributed by atoms with Crippen LogP contribution in [0, 0.1) is 13.8 Å². The smallest absolute Gasteiger partial charge is 0.190 e. The molecule has 6 heterocycles. The van der Waals surface area contributed by atoms with Crippen LogP contribution in [0.5, 0.6) is 11.5 Å². The van der Waals surface area contributed by atoms with Gasteiger partial charge in [-0.1, -0.05) is 16.4 Å². The van der Waals surface area contributed by atoms with Crippen LogP contribution >= 0.6 is 0 Å². The largest absolute Gasteiger partial charge is 0.493 e. The Kier molecular flexibility index (Phi) is 5.61. The lowest BCUT2D eigenvalue weighted by Crippen LogP contribution is -2.31. The normalized spacial score (nSPS) is 13.8. The molecular formula is C25H25N7O4. The van der Waals surface area contributed by atoms with E-state index in [9.17, 15) is 0 Å². The molecule has 11 nitrogen and oxygen atoms in total. The predicted octanol–water partition coefficient (Wildman–Crippen LogP) is 3.53. The molecule has 1 aliphatic rings. The van der Waals surface area contributed by atoms with Gasteiger partial charge in [-0.15, -0.1) is 10.2 Å². The maximum atomic E-state index is 6.14. The quantitative estimate of drug-likeness (QED) is 0.337. The monoisotopic (exact) mass is 487 g/mol. The van der Waals surface area contributed by atoms with E-state index in [2.05, 4.69) is 31.5 Å². The first-order valence-electron chi connectivity index (χ1n) is 11.7. The Bertz CT molecular complexity index is 1540. The zero-order chi connectivity index (χ0) is 24.6. The van der Waals surface area contributed by atoms with E-state index in [0.717, 1.165) is 48.9 Å². The van der Waals surface area contributed by atoms with Gasteiger partial charge in [0.15, 0.2) is 28.7 Å². The van der Waals surface area contributed by atoms with Gasteiger partial charge in [-0.05, 0) is 25.5 Å². The third-order valence-corrected chi connectivity index (χ3v) is 6.17. The molecule has 0 aromatic carbocycles. The van der Waals surface area contributed by atoms with Crippen LogP contribution in [0.25, 0.3) is 17.2 Å². The van der Waals surface area contributed by atoms with E-state index in [1.54, 1.807) is 23.8 Å². The molecule has 5 aromatic rings. The van der Waals surface area contributed by atoms with Crippen LogP contribution in [0.1, 0.15) is 34.2 Å². The van der Waals surface area contributed by atoms with Crippen LogP contribution in [0.15, 0.2) is 45.6 Å². The van der Waals surface area contributed by atoms with Crippen molar-refractivity contribution in [1.29, 1.82) is 0 Å². The van der Waals surface area contributed by atoms with Crippen molar-refractivity contribution in [3.05, 3.63) is 70.7 Å². The Morgan fingerprint density at radius 2 is 1.83 bits per heavy atom. The predicted molar refractivity (Wildman–Crippen MR) is 127 cm³/mol. The molecule has 0 radical (unpaired) electrons. The van der Waals surface area contributed by atoms with E-state index >= 15 is 0 Å². The highest BCUT2D eigenvalue weighted by Gasteiger charge is 2.20. The summed E-state index contributed by atoms with van der Waals surface area (Å²) in [6, 6.07) is 9.72. The Morgan fingerprint density at radius 1 is 0.972 bits per heavy atom. The lowest BCUT2D eigenvalue weighted by atomic mass is 10.0. The number of fused-ring (bicyclic) bond motifs is 2. The fourth-order valence-corrected chi connectivity index (χ4v) is 4.42. The Labute approximate surface area is 206 Å². The fraction of sp³-hybridized carbons (Fsp3) is 0.320. The van der Waals surface area contributed by atoms with Crippen LogP contribution < -0.4 is 9.47 Å². The van der Waals surface area contributed by atoms with Crippen LogP contribution in [-0.2, 0) is 26.1 Å². The highest BCUT2D eigenvalue weighted by Crippen LogP contribution is 2.31. The molecule has 5 aromatic heterocycles. The third-order valence-electron chi connectivity index (χ3n) is 6.17. The van der Waals surface area contributed by atoms with Gasteiger partial charge < -0.3 is 18.5 Å². The van der Waals surface area contributed by atoms with Gasteiger partial charge in [-0.3, -0.25) is 14.3 Å². The molecule has 36 heavy (non-hydrogen) atoms. The molecule has 0 aliphatic carbocycles. The van der Waals surface area contributed by atoms with Gasteiger partial charge in [0.05, 0.1) is 24.7 Å². The summed E-state index contributed by atoms with van der Waals surface area (Å²) >= 11 is 0. The standard InChI is InChI=1S/C25H25N7O4/c1-15-8-19(29-35-15)12-31-7-6-20-17(11-31)4-5-18(26-20)14-34-23-13-32-24(10-22(23)33-3)27-28-25(32)21-9-16(2)36-30-21/h4-5,8-10,13H,6-7,11-12,14H2,1-3H3. The lowest BCUT2D eigenvalue weighted by molar-refractivity contribution is 0.234. The van der Waals surface area contributed by atoms with Crippen molar-refractivity contribution in [3.63, 3.8) is 0 Å². The van der Waals surface area contributed by atoms with Gasteiger partial charge in [0.2, 0.25) is 0 Å². The minimum absolute atomic E-state index is 0.303. The SMILES string of the molecule is COc1cc2nnc(-c3cc(C)on3)n2cc1OCc1ccc2c(n1)CCN(Cc1cc(C)on1)C2. The number of ether oxygens (including phenoxy) is 2. The summed E-state index contributed by atoms with van der Waals surface area (Å²) in [5.41, 5.74) is 5.35. The topological polar surface area (TPSA) is 117 Å². The van der Waals surface area contributed by atoms with E-state index < -0.39 is 0 Å². The van der Waals surface area contributed by atoms with Gasteiger partial charge >= 0.3 is 0 Å². The average Bonchev–Trinajstić information content (AvgIpc) is 3.61. The second-order valence-electron chi connectivity index (χ2n) is 8.87. The molecule has 184 valence electrons. The van der Waals surface area contributed by atoms with E-state index in [0.29, 0.717) is 41.0 Å². The number of hydrogen-bond donors (Lipinski definition) is 0. The summed E-state index contributed by atoms with van der Waals surface area (Å²) in [5.74, 6) is 3.21. The fourth-order valence-electron chi connectivity index (χ4n) is 4.42. The molecule has 0 atom stereocenters. The molecule has 0 spiro atoms. The highest BCUT2D eigenvalue weighted by molar-refractivity contribution is 5.59. The molecule has 6 rings (SSSR count). The van der Waals surface area contributed by atoms with Crippen molar-refractivity contribution in [2.75, 3.05) is 13.7 Å². The first kappa shape index (κ1) is 22.2. The van der Waals surface area contributed by atoms with Crippen molar-refractivity contribution in [1.82, 2.24) is 34.8 Å². The lowest BCUT2D eigenvalue weighted by Gasteiger charge is -2.27. The Morgan fingerprint density at radius 3 is 2.61 bits per heavy atom. The van der Waals surface area contributed by atoms with Gasteiger partial charge in [-0.25, -0.2) is 0 Å². The number of methoxy groups -OCH3 is 1. The number of nitrogens with zero attached hydrogens (tertiary/aromatic N) is 7. The zero-order valence-electron chi connectivity index (χ0n) is 20.3. The third kappa shape index (κ3) is 4.29. The van der Waals surface area contributed by atoms with E-state index in [-0.39, 0.29) is 0 Å². The molecule has 1 aliphatic heterocycles. The minimum Gasteiger partial charge on any atom is -0.493 e. The number of aryl methyl sites for hydroxylation is 2. The Hall–Kier alpha value is -4.25. The number of rotatable bonds is 7. The summed E-state index contributed by atoms with van der Waals surface area (Å²) in [6.07, 6.45) is 2.67. The molecule has 0 amide bonds. The number of aromatic nitrogens is 6. The van der Waals surface area contributed by atoms with Gasteiger partial charge in [0.1, 0.15) is 18.1 Å². The van der Waals surface area contributed by atoms with Crippen molar-refractivity contribution < 1.29 is 18.5 Å². The first-order valence-corrected chi connectivity index (χ1v) is 11.7. The number of pyridine rings is 2. The van der Waals surface area contributed by atoms with Crippen molar-refractivity contribution in [2.45, 2.75) is 40.0 Å². The number of hydrogen-bond acceptors (Lipinski definition) is 10. The molecule has 0 saturated heterocycles. The molecule has 0 saturated carbocycles. The van der Waals surface area contributed by atoms with Crippen LogP contribution in [0.2, 0.25) is 0 Å². The van der Waals surface area contributed by atoms with Crippen LogP contribution in [0.3, 0.4) is 0 Å². The maximum Gasteiger partial charge on any atom is 0.190 e. The van der Waals surface area contributed by atoms with Crippen molar-refractivity contribution in [3.8, 4) is 23.0 Å². The van der Waals surface area contributed by atoms with E-state index in [4.69, 9.17) is 23.5 Å². The molecular weight excluding hydrogens is 462 g/mol. The van der Waals surface area contributed by atoms with Gasteiger partial charge in [-0.2, -0.15) is 0 Å². The summed E-state index contributed by atoms with van der Waals surface area (Å²) < 4.78 is 23.9. The highest BCUT2D eigenvalue weighted by atomic mass is 16.5. The van der Waals surface area contributed by atoms with E-state index in [1.807, 2.05) is 32.0 Å². The summed E-state index contributed by atoms with van der Waals surface area (Å²) in [7, 11) is 1.60. The second kappa shape index (κ2) is 9.08. The van der Waals surface area contributed by atoms with Crippen molar-refractivity contribution >= 4 is 5.65 Å². The molecule has 0 fully saturated rings. The van der Waals surface area contributed by atoms with Gasteiger partial charge in [0.25, 0.3) is 0 Å². The maximum absolute atomic E-state index is 6.14. The molecule has 0 bridgehead atoms. The van der Waals surface area contributed by atoms with Crippen LogP contribution in [-0.4, -0.2) is 48.4 Å². The van der Waals surface area contributed by atoms with E-state index in [1.165, 1.54) is 5.56 Å².